The number of aromatic nitrogens is 2. The Kier molecular flexibility index (Phi) is 2.65. The third-order valence-corrected chi connectivity index (χ3v) is 3.19. The summed E-state index contributed by atoms with van der Waals surface area (Å²) in [6.45, 7) is 0. The fourth-order valence-electron chi connectivity index (χ4n) is 2.00. The topological polar surface area (TPSA) is 84.8 Å². The van der Waals surface area contributed by atoms with E-state index in [-0.39, 0.29) is 5.91 Å². The predicted octanol–water partition coefficient (Wildman–Crippen LogP) is 1.38. The number of nitriles is 1. The predicted molar refractivity (Wildman–Crippen MR) is 72.1 cm³/mol. The number of rotatable bonds is 1. The maximum Gasteiger partial charge on any atom is 0.273 e. The Bertz CT molecular complexity index is 689. The molecule has 2 aromatic rings. The number of nitrogens with zero attached hydrogens (tertiary/aromatic N) is 3. The molecule has 0 bridgehead atoms. The molecule has 2 N–H and O–H groups in total. The van der Waals surface area contributed by atoms with E-state index in [0.29, 0.717) is 17.1 Å². The van der Waals surface area contributed by atoms with Gasteiger partial charge in [0.25, 0.3) is 5.91 Å². The number of aromatic amines is 1. The van der Waals surface area contributed by atoms with Gasteiger partial charge in [-0.1, -0.05) is 6.07 Å². The maximum absolute atomic E-state index is 11.7. The fourth-order valence-corrected chi connectivity index (χ4v) is 2.36. The van der Waals surface area contributed by atoms with Crippen molar-refractivity contribution in [2.75, 3.05) is 4.90 Å². The molecule has 1 unspecified atom stereocenters. The van der Waals surface area contributed by atoms with Crippen LogP contribution in [0.25, 0.3) is 0 Å². The number of hydrogen-bond acceptors (Lipinski definition) is 5. The number of carbonyl (C=O) groups is 1. The maximum atomic E-state index is 11.7. The molecule has 6 nitrogen and oxygen atoms in total. The Morgan fingerprint density at radius 2 is 2.32 bits per heavy atom. The SMILES string of the molecule is N#Cc1cccc(N2c3nc[nH]c3C(=O)NC2S)c1. The van der Waals surface area contributed by atoms with Gasteiger partial charge in [0.05, 0.1) is 18.0 Å². The molecule has 0 aliphatic carbocycles. The van der Waals surface area contributed by atoms with Crippen LogP contribution in [0.1, 0.15) is 16.1 Å². The quantitative estimate of drug-likeness (QED) is 0.684. The first kappa shape index (κ1) is 11.6. The first-order valence-electron chi connectivity index (χ1n) is 5.52. The molecule has 2 heterocycles. The number of fused-ring (bicyclic) bond motifs is 1. The van der Waals surface area contributed by atoms with Crippen molar-refractivity contribution in [3.8, 4) is 6.07 Å². The minimum absolute atomic E-state index is 0.250. The number of hydrogen-bond donors (Lipinski definition) is 3. The smallest absolute Gasteiger partial charge is 0.273 e. The molecular formula is C12H9N5OS. The highest BCUT2D eigenvalue weighted by Gasteiger charge is 2.32. The molecule has 0 fully saturated rings. The van der Waals surface area contributed by atoms with Gasteiger partial charge in [-0.15, -0.1) is 12.6 Å². The van der Waals surface area contributed by atoms with Crippen molar-refractivity contribution >= 4 is 30.0 Å². The molecule has 1 aliphatic rings. The third kappa shape index (κ3) is 1.82. The summed E-state index contributed by atoms with van der Waals surface area (Å²) in [5, 5.41) is 11.6. The summed E-state index contributed by atoms with van der Waals surface area (Å²) in [4.78, 5) is 20.4. The zero-order chi connectivity index (χ0) is 13.4. The molecule has 0 spiro atoms. The first-order valence-corrected chi connectivity index (χ1v) is 6.04. The molecule has 1 amide bonds. The van der Waals surface area contributed by atoms with E-state index in [2.05, 4.69) is 34.0 Å². The molecule has 1 atom stereocenters. The number of thiol groups is 1. The van der Waals surface area contributed by atoms with Crippen LogP contribution >= 0.6 is 12.6 Å². The first-order chi connectivity index (χ1) is 9.20. The van der Waals surface area contributed by atoms with Crippen molar-refractivity contribution in [3.05, 3.63) is 41.9 Å². The van der Waals surface area contributed by atoms with E-state index < -0.39 is 5.50 Å². The van der Waals surface area contributed by atoms with Crippen molar-refractivity contribution in [2.24, 2.45) is 0 Å². The van der Waals surface area contributed by atoms with Crippen molar-refractivity contribution < 1.29 is 4.79 Å². The van der Waals surface area contributed by atoms with Crippen molar-refractivity contribution in [2.45, 2.75) is 5.50 Å². The number of carbonyl (C=O) groups excluding carboxylic acids is 1. The van der Waals surface area contributed by atoms with Crippen LogP contribution in [-0.4, -0.2) is 21.4 Å². The highest BCUT2D eigenvalue weighted by atomic mass is 32.1. The molecule has 94 valence electrons. The largest absolute Gasteiger partial charge is 0.339 e. The molecule has 1 aliphatic heterocycles. The zero-order valence-corrected chi connectivity index (χ0v) is 10.6. The Morgan fingerprint density at radius 1 is 1.47 bits per heavy atom. The Morgan fingerprint density at radius 3 is 3.11 bits per heavy atom. The zero-order valence-electron chi connectivity index (χ0n) is 9.66. The van der Waals surface area contributed by atoms with Gasteiger partial charge < -0.3 is 10.3 Å². The van der Waals surface area contributed by atoms with Crippen molar-refractivity contribution in [1.82, 2.24) is 15.3 Å². The van der Waals surface area contributed by atoms with Crippen LogP contribution < -0.4 is 10.2 Å². The average Bonchev–Trinajstić information content (AvgIpc) is 2.88. The molecule has 0 radical (unpaired) electrons. The summed E-state index contributed by atoms with van der Waals surface area (Å²) in [7, 11) is 0. The minimum Gasteiger partial charge on any atom is -0.339 e. The van der Waals surface area contributed by atoms with Gasteiger partial charge in [-0.3, -0.25) is 9.69 Å². The van der Waals surface area contributed by atoms with Crippen LogP contribution in [0.3, 0.4) is 0 Å². The van der Waals surface area contributed by atoms with Crippen LogP contribution in [0.15, 0.2) is 30.6 Å². The van der Waals surface area contributed by atoms with Gasteiger partial charge in [0.15, 0.2) is 11.3 Å². The standard InChI is InChI=1S/C12H9N5OS/c13-5-7-2-1-3-8(4-7)17-10-9(14-6-15-10)11(18)16-12(17)19/h1-4,6,12,19H,(H,14,15)(H,16,18). The Balaban J connectivity index is 2.12. The van der Waals surface area contributed by atoms with E-state index in [1.165, 1.54) is 6.33 Å². The van der Waals surface area contributed by atoms with Gasteiger partial charge in [0.1, 0.15) is 5.69 Å². The van der Waals surface area contributed by atoms with Gasteiger partial charge in [-0.25, -0.2) is 4.98 Å². The third-order valence-electron chi connectivity index (χ3n) is 2.83. The molecule has 7 heteroatoms. The van der Waals surface area contributed by atoms with Crippen molar-refractivity contribution in [1.29, 1.82) is 5.26 Å². The van der Waals surface area contributed by atoms with Gasteiger partial charge in [0, 0.05) is 5.69 Å². The van der Waals surface area contributed by atoms with Crippen LogP contribution in [0.5, 0.6) is 0 Å². The van der Waals surface area contributed by atoms with Crippen LogP contribution in [0, 0.1) is 11.3 Å². The second kappa shape index (κ2) is 4.33. The molecule has 1 aromatic carbocycles. The van der Waals surface area contributed by atoms with Gasteiger partial charge in [0.2, 0.25) is 0 Å². The summed E-state index contributed by atoms with van der Waals surface area (Å²) in [6, 6.07) is 9.12. The molecule has 0 saturated heterocycles. The number of benzene rings is 1. The second-order valence-electron chi connectivity index (χ2n) is 3.98. The van der Waals surface area contributed by atoms with E-state index >= 15 is 0 Å². The minimum atomic E-state index is -0.530. The van der Waals surface area contributed by atoms with Crippen LogP contribution in [0.2, 0.25) is 0 Å². The van der Waals surface area contributed by atoms with E-state index in [1.807, 2.05) is 6.07 Å². The lowest BCUT2D eigenvalue weighted by atomic mass is 10.2. The number of H-pyrrole nitrogens is 1. The van der Waals surface area contributed by atoms with Gasteiger partial charge >= 0.3 is 0 Å². The molecule has 0 saturated carbocycles. The monoisotopic (exact) mass is 271 g/mol. The van der Waals surface area contributed by atoms with Crippen LogP contribution in [-0.2, 0) is 0 Å². The lowest BCUT2D eigenvalue weighted by molar-refractivity contribution is 0.0940. The van der Waals surface area contributed by atoms with E-state index in [1.54, 1.807) is 23.1 Å². The van der Waals surface area contributed by atoms with E-state index in [9.17, 15) is 4.79 Å². The molecule has 19 heavy (non-hydrogen) atoms. The van der Waals surface area contributed by atoms with Crippen LogP contribution in [0.4, 0.5) is 11.5 Å². The van der Waals surface area contributed by atoms with E-state index in [4.69, 9.17) is 5.26 Å². The summed E-state index contributed by atoms with van der Waals surface area (Å²) < 4.78 is 0. The summed E-state index contributed by atoms with van der Waals surface area (Å²) in [6.07, 6.45) is 1.46. The summed E-state index contributed by atoms with van der Waals surface area (Å²) >= 11 is 4.35. The average molecular weight is 271 g/mol. The summed E-state index contributed by atoms with van der Waals surface area (Å²) in [5.41, 5.74) is 1.13. The summed E-state index contributed by atoms with van der Waals surface area (Å²) in [5.74, 6) is 0.249. The fraction of sp³-hybridized carbons (Fsp3) is 0.0833. The molecule has 3 rings (SSSR count). The van der Waals surface area contributed by atoms with E-state index in [0.717, 1.165) is 5.69 Å². The number of amides is 1. The highest BCUT2D eigenvalue weighted by Crippen LogP contribution is 2.32. The van der Waals surface area contributed by atoms with Gasteiger partial charge in [-0.05, 0) is 18.2 Å². The Labute approximate surface area is 114 Å². The second-order valence-corrected chi connectivity index (χ2v) is 4.47. The van der Waals surface area contributed by atoms with Gasteiger partial charge in [-0.2, -0.15) is 5.26 Å². The highest BCUT2D eigenvalue weighted by molar-refractivity contribution is 7.81. The Hall–Kier alpha value is -2.46. The van der Waals surface area contributed by atoms with Crippen molar-refractivity contribution in [3.63, 3.8) is 0 Å². The number of imidazole rings is 1. The molecule has 1 aromatic heterocycles. The lowest BCUT2D eigenvalue weighted by Gasteiger charge is -2.33. The lowest BCUT2D eigenvalue weighted by Crippen LogP contribution is -2.47. The normalized spacial score (nSPS) is 17.6. The number of nitrogens with one attached hydrogen (secondary N) is 2. The molecular weight excluding hydrogens is 262 g/mol. The number of anilines is 2.